The van der Waals surface area contributed by atoms with E-state index in [-0.39, 0.29) is 5.91 Å². The second-order valence-corrected chi connectivity index (χ2v) is 5.57. The van der Waals surface area contributed by atoms with E-state index >= 15 is 0 Å². The number of rotatable bonds is 4. The average Bonchev–Trinajstić information content (AvgIpc) is 3.26. The van der Waals surface area contributed by atoms with Gasteiger partial charge in [-0.3, -0.25) is 4.79 Å². The predicted octanol–water partition coefficient (Wildman–Crippen LogP) is 0.986. The maximum Gasteiger partial charge on any atom is 0.255 e. The van der Waals surface area contributed by atoms with Crippen molar-refractivity contribution in [3.05, 3.63) is 47.9 Å². The molecule has 9 nitrogen and oxygen atoms in total. The van der Waals surface area contributed by atoms with Crippen LogP contribution in [0.3, 0.4) is 0 Å². The van der Waals surface area contributed by atoms with Crippen molar-refractivity contribution in [1.82, 2.24) is 30.0 Å². The van der Waals surface area contributed by atoms with Crippen LogP contribution in [0.5, 0.6) is 0 Å². The maximum absolute atomic E-state index is 12.4. The molecule has 122 valence electrons. The SMILES string of the molecule is O=C(Nc1cnn2c1NCCC2)c1ccc(Cn2cnnn2)cc1. The number of aryl methyl sites for hydroxylation is 1. The number of hydrogen-bond donors (Lipinski definition) is 2. The van der Waals surface area contributed by atoms with Gasteiger partial charge in [-0.2, -0.15) is 5.10 Å². The Kier molecular flexibility index (Phi) is 3.66. The van der Waals surface area contributed by atoms with E-state index in [1.807, 2.05) is 16.8 Å². The van der Waals surface area contributed by atoms with Gasteiger partial charge in [-0.25, -0.2) is 9.36 Å². The first-order valence-electron chi connectivity index (χ1n) is 7.70. The van der Waals surface area contributed by atoms with E-state index < -0.39 is 0 Å². The number of nitrogens with one attached hydrogen (secondary N) is 2. The van der Waals surface area contributed by atoms with Gasteiger partial charge >= 0.3 is 0 Å². The summed E-state index contributed by atoms with van der Waals surface area (Å²) in [7, 11) is 0. The van der Waals surface area contributed by atoms with Crippen molar-refractivity contribution in [2.75, 3.05) is 17.2 Å². The first kappa shape index (κ1) is 14.4. The van der Waals surface area contributed by atoms with E-state index in [0.29, 0.717) is 17.8 Å². The van der Waals surface area contributed by atoms with Crippen molar-refractivity contribution >= 4 is 17.4 Å². The molecule has 2 aromatic heterocycles. The van der Waals surface area contributed by atoms with Gasteiger partial charge in [0, 0.05) is 18.7 Å². The van der Waals surface area contributed by atoms with Gasteiger partial charge in [-0.1, -0.05) is 12.1 Å². The highest BCUT2D eigenvalue weighted by Crippen LogP contribution is 2.24. The van der Waals surface area contributed by atoms with Crippen LogP contribution in [0.2, 0.25) is 0 Å². The number of aromatic nitrogens is 6. The van der Waals surface area contributed by atoms with Crippen molar-refractivity contribution in [2.45, 2.75) is 19.5 Å². The number of tetrazole rings is 1. The summed E-state index contributed by atoms with van der Waals surface area (Å²) in [6.45, 7) is 2.32. The Labute approximate surface area is 137 Å². The number of fused-ring (bicyclic) bond motifs is 1. The molecule has 3 heterocycles. The summed E-state index contributed by atoms with van der Waals surface area (Å²) >= 11 is 0. The molecule has 3 aromatic rings. The molecule has 1 aliphatic rings. The smallest absolute Gasteiger partial charge is 0.255 e. The van der Waals surface area contributed by atoms with Crippen LogP contribution >= 0.6 is 0 Å². The fourth-order valence-corrected chi connectivity index (χ4v) is 2.66. The molecular weight excluding hydrogens is 308 g/mol. The fourth-order valence-electron chi connectivity index (χ4n) is 2.66. The molecule has 2 N–H and O–H groups in total. The molecule has 0 unspecified atom stereocenters. The predicted molar refractivity (Wildman–Crippen MR) is 86.6 cm³/mol. The van der Waals surface area contributed by atoms with Gasteiger partial charge in [0.15, 0.2) is 0 Å². The summed E-state index contributed by atoms with van der Waals surface area (Å²) < 4.78 is 3.49. The zero-order valence-corrected chi connectivity index (χ0v) is 12.9. The number of hydrogen-bond acceptors (Lipinski definition) is 6. The van der Waals surface area contributed by atoms with Gasteiger partial charge in [0.1, 0.15) is 17.8 Å². The molecule has 0 spiro atoms. The van der Waals surface area contributed by atoms with Crippen LogP contribution in [0.4, 0.5) is 11.5 Å². The van der Waals surface area contributed by atoms with Crippen LogP contribution in [0.15, 0.2) is 36.8 Å². The highest BCUT2D eigenvalue weighted by atomic mass is 16.1. The van der Waals surface area contributed by atoms with E-state index in [1.165, 1.54) is 0 Å². The van der Waals surface area contributed by atoms with Crippen LogP contribution < -0.4 is 10.6 Å². The molecule has 24 heavy (non-hydrogen) atoms. The van der Waals surface area contributed by atoms with Crippen molar-refractivity contribution in [3.63, 3.8) is 0 Å². The van der Waals surface area contributed by atoms with Crippen LogP contribution in [-0.4, -0.2) is 42.4 Å². The molecule has 4 rings (SSSR count). The van der Waals surface area contributed by atoms with Gasteiger partial charge in [-0.15, -0.1) is 5.10 Å². The number of nitrogens with zero attached hydrogens (tertiary/aromatic N) is 6. The average molecular weight is 324 g/mol. The van der Waals surface area contributed by atoms with E-state index in [0.717, 1.165) is 30.9 Å². The minimum absolute atomic E-state index is 0.160. The molecule has 0 radical (unpaired) electrons. The summed E-state index contributed by atoms with van der Waals surface area (Å²) in [6.07, 6.45) is 4.26. The Balaban J connectivity index is 1.45. The Morgan fingerprint density at radius 2 is 2.17 bits per heavy atom. The Morgan fingerprint density at radius 3 is 2.96 bits per heavy atom. The number of carbonyl (C=O) groups is 1. The zero-order valence-electron chi connectivity index (χ0n) is 12.9. The van der Waals surface area contributed by atoms with E-state index in [2.05, 4.69) is 31.3 Å². The number of carbonyl (C=O) groups excluding carboxylic acids is 1. The minimum Gasteiger partial charge on any atom is -0.368 e. The highest BCUT2D eigenvalue weighted by molar-refractivity contribution is 6.05. The molecule has 9 heteroatoms. The van der Waals surface area contributed by atoms with E-state index in [4.69, 9.17) is 0 Å². The summed E-state index contributed by atoms with van der Waals surface area (Å²) in [4.78, 5) is 12.4. The third-order valence-electron chi connectivity index (χ3n) is 3.88. The third kappa shape index (κ3) is 2.83. The van der Waals surface area contributed by atoms with Crippen LogP contribution in [0.1, 0.15) is 22.3 Å². The van der Waals surface area contributed by atoms with Crippen molar-refractivity contribution in [3.8, 4) is 0 Å². The van der Waals surface area contributed by atoms with Crippen LogP contribution in [0, 0.1) is 0 Å². The van der Waals surface area contributed by atoms with Gasteiger partial charge in [-0.05, 0) is 34.5 Å². The lowest BCUT2D eigenvalue weighted by Crippen LogP contribution is -2.19. The van der Waals surface area contributed by atoms with Crippen molar-refractivity contribution in [1.29, 1.82) is 0 Å². The van der Waals surface area contributed by atoms with Gasteiger partial charge < -0.3 is 10.6 Å². The molecule has 0 bridgehead atoms. The molecule has 1 aromatic carbocycles. The Bertz CT molecular complexity index is 837. The second-order valence-electron chi connectivity index (χ2n) is 5.57. The Morgan fingerprint density at radius 1 is 1.29 bits per heavy atom. The number of anilines is 2. The normalized spacial score (nSPS) is 13.2. The monoisotopic (exact) mass is 324 g/mol. The van der Waals surface area contributed by atoms with Crippen molar-refractivity contribution in [2.24, 2.45) is 0 Å². The van der Waals surface area contributed by atoms with Crippen molar-refractivity contribution < 1.29 is 4.79 Å². The fraction of sp³-hybridized carbons (Fsp3) is 0.267. The lowest BCUT2D eigenvalue weighted by atomic mass is 10.1. The minimum atomic E-state index is -0.160. The zero-order chi connectivity index (χ0) is 16.4. The van der Waals surface area contributed by atoms with Gasteiger partial charge in [0.25, 0.3) is 5.91 Å². The summed E-state index contributed by atoms with van der Waals surface area (Å²) in [5, 5.41) is 21.5. The molecule has 0 saturated heterocycles. The lowest BCUT2D eigenvalue weighted by molar-refractivity contribution is 0.102. The lowest BCUT2D eigenvalue weighted by Gasteiger charge is -2.17. The second kappa shape index (κ2) is 6.11. The topological polar surface area (TPSA) is 103 Å². The molecule has 0 fully saturated rings. The van der Waals surface area contributed by atoms with Crippen LogP contribution in [-0.2, 0) is 13.1 Å². The summed E-state index contributed by atoms with van der Waals surface area (Å²) in [6, 6.07) is 7.36. The molecule has 0 aliphatic carbocycles. The summed E-state index contributed by atoms with van der Waals surface area (Å²) in [5.41, 5.74) is 2.31. The largest absolute Gasteiger partial charge is 0.368 e. The van der Waals surface area contributed by atoms with Gasteiger partial charge in [0.2, 0.25) is 0 Å². The molecule has 0 atom stereocenters. The highest BCUT2D eigenvalue weighted by Gasteiger charge is 2.16. The molecular formula is C15H16N8O. The Hall–Kier alpha value is -3.23. The molecule has 1 aliphatic heterocycles. The first-order valence-corrected chi connectivity index (χ1v) is 7.70. The van der Waals surface area contributed by atoms with Gasteiger partial charge in [0.05, 0.1) is 12.7 Å². The number of amides is 1. The quantitative estimate of drug-likeness (QED) is 0.742. The maximum atomic E-state index is 12.4. The number of benzene rings is 1. The van der Waals surface area contributed by atoms with E-state index in [1.54, 1.807) is 29.3 Å². The van der Waals surface area contributed by atoms with E-state index in [9.17, 15) is 4.79 Å². The molecule has 0 saturated carbocycles. The molecule has 1 amide bonds. The first-order chi connectivity index (χ1) is 11.8. The third-order valence-corrected chi connectivity index (χ3v) is 3.88. The summed E-state index contributed by atoms with van der Waals surface area (Å²) in [5.74, 6) is 0.706. The standard InChI is InChI=1S/C15H16N8O/c24-15(19-13-8-18-23-7-1-6-16-14(13)23)12-4-2-11(3-5-12)9-22-10-17-20-21-22/h2-5,8,10,16H,1,6-7,9H2,(H,19,24). The van der Waals surface area contributed by atoms with Crippen LogP contribution in [0.25, 0.3) is 0 Å².